The van der Waals surface area contributed by atoms with Crippen molar-refractivity contribution >= 4 is 0 Å². The van der Waals surface area contributed by atoms with E-state index in [0.29, 0.717) is 12.6 Å². The molecule has 0 bridgehead atoms. The summed E-state index contributed by atoms with van der Waals surface area (Å²) in [6.07, 6.45) is 3.54. The molecule has 1 saturated heterocycles. The summed E-state index contributed by atoms with van der Waals surface area (Å²) in [5.74, 6) is 0. The molecule has 1 aromatic carbocycles. The van der Waals surface area contributed by atoms with Crippen LogP contribution in [0.4, 0.5) is 0 Å². The first kappa shape index (κ1) is 15.5. The molecule has 0 spiro atoms. The Balaban J connectivity index is 2.15. The first-order valence-corrected chi connectivity index (χ1v) is 7.84. The van der Waals surface area contributed by atoms with Crippen LogP contribution in [-0.2, 0) is 11.2 Å². The molecule has 3 heteroatoms. The second-order valence-corrected chi connectivity index (χ2v) is 5.79. The predicted molar refractivity (Wildman–Crippen MR) is 83.8 cm³/mol. The van der Waals surface area contributed by atoms with Crippen molar-refractivity contribution in [1.29, 1.82) is 0 Å². The molecule has 0 radical (unpaired) electrons. The Labute approximate surface area is 123 Å². The Morgan fingerprint density at radius 1 is 1.30 bits per heavy atom. The molecular formula is C17H28N2O. The molecule has 3 nitrogen and oxygen atoms in total. The van der Waals surface area contributed by atoms with Crippen molar-refractivity contribution in [2.24, 2.45) is 5.73 Å². The van der Waals surface area contributed by atoms with Crippen molar-refractivity contribution in [1.82, 2.24) is 4.90 Å². The van der Waals surface area contributed by atoms with E-state index in [0.717, 1.165) is 39.0 Å². The molecule has 1 aliphatic rings. The van der Waals surface area contributed by atoms with Gasteiger partial charge in [0, 0.05) is 25.2 Å². The van der Waals surface area contributed by atoms with Gasteiger partial charge in [-0.2, -0.15) is 0 Å². The maximum absolute atomic E-state index is 6.20. The van der Waals surface area contributed by atoms with Crippen molar-refractivity contribution in [3.05, 3.63) is 35.9 Å². The molecule has 2 N–H and O–H groups in total. The van der Waals surface area contributed by atoms with Gasteiger partial charge in [-0.1, -0.05) is 44.2 Å². The topological polar surface area (TPSA) is 38.5 Å². The molecule has 0 aliphatic carbocycles. The Morgan fingerprint density at radius 2 is 2.05 bits per heavy atom. The summed E-state index contributed by atoms with van der Waals surface area (Å²) in [4.78, 5) is 2.57. The molecule has 1 aromatic rings. The van der Waals surface area contributed by atoms with E-state index in [4.69, 9.17) is 10.5 Å². The zero-order valence-corrected chi connectivity index (χ0v) is 12.8. The van der Waals surface area contributed by atoms with Gasteiger partial charge < -0.3 is 10.5 Å². The second kappa shape index (κ2) is 7.21. The van der Waals surface area contributed by atoms with Crippen LogP contribution in [0, 0.1) is 0 Å². The molecule has 112 valence electrons. The molecular weight excluding hydrogens is 248 g/mol. The molecule has 0 saturated carbocycles. The summed E-state index contributed by atoms with van der Waals surface area (Å²) >= 11 is 0. The van der Waals surface area contributed by atoms with Crippen LogP contribution < -0.4 is 5.73 Å². The highest BCUT2D eigenvalue weighted by atomic mass is 16.5. The van der Waals surface area contributed by atoms with Crippen LogP contribution in [0.5, 0.6) is 0 Å². The number of hydrogen-bond acceptors (Lipinski definition) is 3. The smallest absolute Gasteiger partial charge is 0.0700 e. The number of benzene rings is 1. The zero-order valence-electron chi connectivity index (χ0n) is 12.8. The number of nitrogens with zero attached hydrogens (tertiary/aromatic N) is 1. The highest BCUT2D eigenvalue weighted by molar-refractivity contribution is 5.18. The van der Waals surface area contributed by atoms with Crippen LogP contribution in [-0.4, -0.2) is 42.8 Å². The van der Waals surface area contributed by atoms with Gasteiger partial charge >= 0.3 is 0 Å². The summed E-state index contributed by atoms with van der Waals surface area (Å²) in [5, 5.41) is 0. The fraction of sp³-hybridized carbons (Fsp3) is 0.647. The first-order valence-electron chi connectivity index (χ1n) is 7.84. The summed E-state index contributed by atoms with van der Waals surface area (Å²) in [6, 6.07) is 10.7. The Morgan fingerprint density at radius 3 is 2.65 bits per heavy atom. The average molecular weight is 276 g/mol. The van der Waals surface area contributed by atoms with E-state index in [9.17, 15) is 0 Å². The van der Waals surface area contributed by atoms with Crippen LogP contribution in [0.25, 0.3) is 0 Å². The predicted octanol–water partition coefficient (Wildman–Crippen LogP) is 2.45. The molecule has 2 rings (SSSR count). The Bertz CT molecular complexity index is 389. The maximum atomic E-state index is 6.20. The van der Waals surface area contributed by atoms with Gasteiger partial charge in [0.2, 0.25) is 0 Å². The first-order chi connectivity index (χ1) is 9.74. The van der Waals surface area contributed by atoms with Crippen LogP contribution >= 0.6 is 0 Å². The van der Waals surface area contributed by atoms with Crippen molar-refractivity contribution in [3.63, 3.8) is 0 Å². The quantitative estimate of drug-likeness (QED) is 0.867. The highest BCUT2D eigenvalue weighted by Gasteiger charge is 2.36. The monoisotopic (exact) mass is 276 g/mol. The third kappa shape index (κ3) is 3.40. The number of rotatable bonds is 6. The number of hydrogen-bond donors (Lipinski definition) is 1. The van der Waals surface area contributed by atoms with E-state index < -0.39 is 0 Å². The van der Waals surface area contributed by atoms with E-state index in [1.54, 1.807) is 0 Å². The molecule has 2 unspecified atom stereocenters. The minimum absolute atomic E-state index is 0.0680. The van der Waals surface area contributed by atoms with Crippen LogP contribution in [0.3, 0.4) is 0 Å². The summed E-state index contributed by atoms with van der Waals surface area (Å²) < 4.78 is 5.81. The minimum atomic E-state index is 0.0680. The molecule has 0 amide bonds. The summed E-state index contributed by atoms with van der Waals surface area (Å²) in [7, 11) is 0. The van der Waals surface area contributed by atoms with Crippen molar-refractivity contribution < 1.29 is 4.74 Å². The number of morpholine rings is 1. The number of nitrogens with two attached hydrogens (primary N) is 1. The lowest BCUT2D eigenvalue weighted by atomic mass is 9.85. The Kier molecular flexibility index (Phi) is 5.58. The molecule has 0 aromatic heterocycles. The maximum Gasteiger partial charge on any atom is 0.0700 e. The van der Waals surface area contributed by atoms with E-state index in [-0.39, 0.29) is 5.54 Å². The molecule has 1 aliphatic heterocycles. The zero-order chi connectivity index (χ0) is 14.4. The Hall–Kier alpha value is -0.900. The highest BCUT2D eigenvalue weighted by Crippen LogP contribution is 2.27. The van der Waals surface area contributed by atoms with Gasteiger partial charge in [-0.05, 0) is 24.8 Å². The van der Waals surface area contributed by atoms with Gasteiger partial charge in [0.1, 0.15) is 0 Å². The molecule has 20 heavy (non-hydrogen) atoms. The fourth-order valence-corrected chi connectivity index (χ4v) is 3.18. The lowest BCUT2D eigenvalue weighted by Gasteiger charge is -2.47. The van der Waals surface area contributed by atoms with E-state index in [1.807, 2.05) is 0 Å². The molecule has 2 atom stereocenters. The largest absolute Gasteiger partial charge is 0.376 e. The van der Waals surface area contributed by atoms with Crippen LogP contribution in [0.2, 0.25) is 0 Å². The van der Waals surface area contributed by atoms with E-state index >= 15 is 0 Å². The van der Waals surface area contributed by atoms with Crippen LogP contribution in [0.15, 0.2) is 30.3 Å². The van der Waals surface area contributed by atoms with Gasteiger partial charge in [-0.15, -0.1) is 0 Å². The van der Waals surface area contributed by atoms with E-state index in [2.05, 4.69) is 49.1 Å². The minimum Gasteiger partial charge on any atom is -0.376 e. The third-order valence-corrected chi connectivity index (χ3v) is 4.68. The van der Waals surface area contributed by atoms with Crippen LogP contribution in [0.1, 0.15) is 32.3 Å². The summed E-state index contributed by atoms with van der Waals surface area (Å²) in [6.45, 7) is 7.99. The standard InChI is InChI=1S/C17H28N2O/c1-3-16-13-19(10-11-20-16)17(4-2,14-18)12-15-8-6-5-7-9-15/h5-9,16H,3-4,10-14,18H2,1-2H3. The van der Waals surface area contributed by atoms with Gasteiger partial charge in [0.05, 0.1) is 12.7 Å². The van der Waals surface area contributed by atoms with Crippen molar-refractivity contribution in [2.75, 3.05) is 26.2 Å². The van der Waals surface area contributed by atoms with Gasteiger partial charge in [0.25, 0.3) is 0 Å². The molecule has 1 heterocycles. The number of ether oxygens (including phenoxy) is 1. The van der Waals surface area contributed by atoms with Gasteiger partial charge in [-0.3, -0.25) is 4.90 Å². The SMILES string of the molecule is CCC1CN(C(CC)(CN)Cc2ccccc2)CCO1. The second-order valence-electron chi connectivity index (χ2n) is 5.79. The van der Waals surface area contributed by atoms with Crippen molar-refractivity contribution in [3.8, 4) is 0 Å². The normalized spacial score (nSPS) is 23.4. The average Bonchev–Trinajstić information content (AvgIpc) is 2.54. The van der Waals surface area contributed by atoms with Crippen molar-refractivity contribution in [2.45, 2.75) is 44.8 Å². The van der Waals surface area contributed by atoms with Gasteiger partial charge in [-0.25, -0.2) is 0 Å². The van der Waals surface area contributed by atoms with E-state index in [1.165, 1.54) is 5.56 Å². The third-order valence-electron chi connectivity index (χ3n) is 4.68. The lowest BCUT2D eigenvalue weighted by Crippen LogP contribution is -2.60. The lowest BCUT2D eigenvalue weighted by molar-refractivity contribution is -0.0703. The fourth-order valence-electron chi connectivity index (χ4n) is 3.18. The molecule has 1 fully saturated rings. The van der Waals surface area contributed by atoms with Gasteiger partial charge in [0.15, 0.2) is 0 Å². The summed E-state index contributed by atoms with van der Waals surface area (Å²) in [5.41, 5.74) is 7.64.